The van der Waals surface area contributed by atoms with Gasteiger partial charge in [-0.2, -0.15) is 0 Å². The number of primary amides is 2. The summed E-state index contributed by atoms with van der Waals surface area (Å²) >= 11 is 0. The van der Waals surface area contributed by atoms with Gasteiger partial charge in [-0.15, -0.1) is 0 Å². The Morgan fingerprint density at radius 1 is 0.593 bits per heavy atom. The number of ether oxygens (including phenoxy) is 2. The quantitative estimate of drug-likeness (QED) is 0.0165. The number of carbonyl (C=O) groups is 13. The minimum Gasteiger partial charge on any atom is -0.394 e. The number of hydrogen-bond acceptors (Lipinski definition) is 18. The summed E-state index contributed by atoms with van der Waals surface area (Å²) in [5, 5.41) is 50.5. The molecule has 0 spiro atoms. The average molecular weight is 1580 g/mol. The van der Waals surface area contributed by atoms with Crippen LogP contribution in [0.4, 0.5) is 0 Å². The van der Waals surface area contributed by atoms with Gasteiger partial charge in [-0.05, 0) is 68.6 Å². The Hall–Kier alpha value is -10.6. The highest BCUT2D eigenvalue weighted by molar-refractivity contribution is 6.00. The zero-order valence-corrected chi connectivity index (χ0v) is 65.3. The molecular weight excluding hydrogens is 1460 g/mol. The van der Waals surface area contributed by atoms with Crippen molar-refractivity contribution < 1.29 is 76.9 Å². The van der Waals surface area contributed by atoms with Crippen molar-refractivity contribution >= 4 is 93.7 Å². The number of guanidine groups is 1. The van der Waals surface area contributed by atoms with Gasteiger partial charge >= 0.3 is 0 Å². The first-order chi connectivity index (χ1) is 54.5. The third-order valence-corrected chi connectivity index (χ3v) is 19.1. The number of nitrogens with zero attached hydrogens (tertiary/aromatic N) is 1. The molecule has 4 aromatic rings. The number of para-hydroxylation sites is 1. The number of aromatic nitrogens is 3. The number of nitrogens with two attached hydrogens (primary N) is 3. The molecule has 9 atom stereocenters. The van der Waals surface area contributed by atoms with Gasteiger partial charge in [0.1, 0.15) is 61.0 Å². The van der Waals surface area contributed by atoms with E-state index >= 15 is 0 Å². The lowest BCUT2D eigenvalue weighted by Gasteiger charge is -2.28. The first kappa shape index (κ1) is 93.1. The molecule has 0 unspecified atom stereocenters. The Labute approximate surface area is 660 Å². The van der Waals surface area contributed by atoms with E-state index in [1.165, 1.54) is 76.7 Å². The van der Waals surface area contributed by atoms with E-state index in [1.807, 2.05) is 12.1 Å². The molecule has 624 valence electrons. The van der Waals surface area contributed by atoms with Crippen LogP contribution in [-0.4, -0.2) is 210 Å². The highest BCUT2D eigenvalue weighted by Crippen LogP contribution is 2.21. The number of H-pyrrole nitrogens is 2. The number of aliphatic hydroxyl groups is 1. The molecule has 3 heterocycles. The number of nitrogens with one attached hydrogen (secondary N) is 15. The third-order valence-electron chi connectivity index (χ3n) is 19.1. The standard InChI is InChI=1S/C78H121N19O16/c1-3-5-7-8-9-10-11-12-13-14-15-16-20-33-66(100)85-38-39-112-40-41-113-49-68(102)89-62(44-53-47-83-50-88-53)75(109)97-64(48-98)77(111)92-57(29-6-4-2)70(104)93-59-34-35-67(101)84-36-24-23-31-56(69(80)103)90-74(108)61(43-52-46-87-55-30-22-21-28-54(52)55)95-71(105)58(32-25-37-86-78(81)82)91-73(107)60(42-51-26-18-17-19-27-51)94-76(110)63(45-65(79)99)96-72(59)106/h17-19,21-22,26-28,30,46-47,50,56-64,87,98H,3-16,20,23-25,29,31-45,48-49H2,1-2H3,(H2,79,99)(H2,80,103)(H,83,88)(H,84,101)(H,85,100)(H,89,102)(H,90,108)(H,91,107)(H,92,111)(H,93,104)(H,94,110)(H,95,105)(H,96,106)(H,97,109)(H4,81,82,86)/t56-,57-,58-,59-,60+,61-,62-,63-,64-/m0/s1. The molecular formula is C78H121N19O16. The Bertz CT molecular complexity index is 3640. The van der Waals surface area contributed by atoms with Crippen molar-refractivity contribution in [3.8, 4) is 0 Å². The summed E-state index contributed by atoms with van der Waals surface area (Å²) in [4.78, 5) is 192. The molecule has 0 saturated carbocycles. The van der Waals surface area contributed by atoms with Crippen LogP contribution in [0.25, 0.3) is 10.9 Å². The summed E-state index contributed by atoms with van der Waals surface area (Å²) in [5.41, 5.74) is 19.3. The maximum absolute atomic E-state index is 14.9. The van der Waals surface area contributed by atoms with Crippen LogP contribution in [0.3, 0.4) is 0 Å². The van der Waals surface area contributed by atoms with Crippen molar-refractivity contribution in [2.75, 3.05) is 52.7 Å². The number of fused-ring (bicyclic) bond motifs is 1. The van der Waals surface area contributed by atoms with Gasteiger partial charge in [0, 0.05) is 75.0 Å². The molecule has 0 bridgehead atoms. The molecule has 1 fully saturated rings. The summed E-state index contributed by atoms with van der Waals surface area (Å²) in [6.45, 7) is 3.12. The summed E-state index contributed by atoms with van der Waals surface area (Å²) in [6, 6.07) is 1.52. The molecule has 1 aliphatic heterocycles. The molecule has 0 radical (unpaired) electrons. The molecule has 35 nitrogen and oxygen atoms in total. The molecule has 5 rings (SSSR count). The first-order valence-electron chi connectivity index (χ1n) is 39.7. The molecule has 1 aliphatic rings. The SMILES string of the molecule is CCCCCCCCCCCCCCCC(=O)NCCOCCOCC(=O)N[C@@H](Cc1c[nH]cn1)C(=O)N[C@@H](CO)C(=O)N[C@@H](CCCC)C(=O)N[C@H]1CCC(=O)NCCCC[C@@H](C(N)=O)NC(=O)[C@H](Cc2c[nH]c3ccccc23)NC(=O)[C@H](CCCNC(=N)N)NC(=O)[C@@H](Cc2ccccc2)NC(=O)[C@H](CC(N)=O)NC1=O. The van der Waals surface area contributed by atoms with E-state index in [0.29, 0.717) is 36.2 Å². The van der Waals surface area contributed by atoms with Crippen molar-refractivity contribution in [3.63, 3.8) is 0 Å². The number of carbonyl (C=O) groups excluding carboxylic acids is 13. The van der Waals surface area contributed by atoms with Gasteiger partial charge in [-0.3, -0.25) is 67.7 Å². The fourth-order valence-electron chi connectivity index (χ4n) is 12.8. The van der Waals surface area contributed by atoms with Crippen molar-refractivity contribution in [2.24, 2.45) is 17.2 Å². The van der Waals surface area contributed by atoms with Crippen molar-refractivity contribution in [3.05, 3.63) is 90.1 Å². The molecule has 0 aliphatic carbocycles. The maximum Gasteiger partial charge on any atom is 0.246 e. The Kier molecular flexibility index (Phi) is 44.0. The number of benzene rings is 2. The van der Waals surface area contributed by atoms with Crippen molar-refractivity contribution in [2.45, 2.75) is 248 Å². The summed E-state index contributed by atoms with van der Waals surface area (Å²) < 4.78 is 11.1. The molecule has 13 amide bonds. The number of imidazole rings is 1. The molecule has 35 heteroatoms. The van der Waals surface area contributed by atoms with E-state index in [-0.39, 0.29) is 109 Å². The zero-order valence-electron chi connectivity index (χ0n) is 65.3. The van der Waals surface area contributed by atoms with Crippen LogP contribution in [0, 0.1) is 5.41 Å². The van der Waals surface area contributed by atoms with Gasteiger partial charge in [0.25, 0.3) is 0 Å². The number of hydrogen-bond donors (Lipinski definition) is 19. The molecule has 2 aromatic heterocycles. The maximum atomic E-state index is 14.9. The fraction of sp³-hybridized carbons (Fsp3) is 0.603. The fourth-order valence-corrected chi connectivity index (χ4v) is 12.8. The van der Waals surface area contributed by atoms with Gasteiger partial charge < -0.3 is 106 Å². The Morgan fingerprint density at radius 3 is 1.87 bits per heavy atom. The van der Waals surface area contributed by atoms with Gasteiger partial charge in [-0.25, -0.2) is 4.98 Å². The number of amides is 13. The van der Waals surface area contributed by atoms with Crippen molar-refractivity contribution in [1.82, 2.24) is 78.8 Å². The third kappa shape index (κ3) is 37.1. The van der Waals surface area contributed by atoms with E-state index in [0.717, 1.165) is 30.2 Å². The summed E-state index contributed by atoms with van der Waals surface area (Å²) in [6.07, 6.45) is 19.3. The van der Waals surface area contributed by atoms with Crippen LogP contribution < -0.4 is 81.0 Å². The number of aliphatic hydroxyl groups excluding tert-OH is 1. The van der Waals surface area contributed by atoms with Gasteiger partial charge in [0.2, 0.25) is 76.8 Å². The lowest BCUT2D eigenvalue weighted by atomic mass is 10.0. The minimum atomic E-state index is -1.88. The summed E-state index contributed by atoms with van der Waals surface area (Å²) in [5.74, 6) is -11.8. The largest absolute Gasteiger partial charge is 0.394 e. The highest BCUT2D eigenvalue weighted by atomic mass is 16.5. The second-order valence-electron chi connectivity index (χ2n) is 28.4. The van der Waals surface area contributed by atoms with Crippen molar-refractivity contribution in [1.29, 1.82) is 5.41 Å². The van der Waals surface area contributed by atoms with Crippen LogP contribution in [0.2, 0.25) is 0 Å². The Balaban J connectivity index is 1.28. The highest BCUT2D eigenvalue weighted by Gasteiger charge is 2.37. The number of unbranched alkanes of at least 4 members (excludes halogenated alkanes) is 13. The first-order valence-corrected chi connectivity index (χ1v) is 39.7. The number of rotatable bonds is 46. The van der Waals surface area contributed by atoms with Gasteiger partial charge in [-0.1, -0.05) is 152 Å². The Morgan fingerprint density at radius 2 is 1.20 bits per heavy atom. The number of aromatic amines is 2. The van der Waals surface area contributed by atoms with Crippen LogP contribution >= 0.6 is 0 Å². The lowest BCUT2D eigenvalue weighted by Crippen LogP contribution is -2.61. The minimum absolute atomic E-state index is 0.000918. The van der Waals surface area contributed by atoms with E-state index in [4.69, 9.17) is 32.1 Å². The topological polar surface area (TPSA) is 551 Å². The molecule has 1 saturated heterocycles. The predicted molar refractivity (Wildman–Crippen MR) is 422 cm³/mol. The zero-order chi connectivity index (χ0) is 82.1. The van der Waals surface area contributed by atoms with E-state index < -0.39 is 158 Å². The van der Waals surface area contributed by atoms with E-state index in [1.54, 1.807) is 55.6 Å². The van der Waals surface area contributed by atoms with Crippen LogP contribution in [0.5, 0.6) is 0 Å². The van der Waals surface area contributed by atoms with Gasteiger partial charge in [0.15, 0.2) is 5.96 Å². The second-order valence-corrected chi connectivity index (χ2v) is 28.4. The van der Waals surface area contributed by atoms with E-state index in [9.17, 15) is 67.4 Å². The van der Waals surface area contributed by atoms with Crippen LogP contribution in [0.15, 0.2) is 73.3 Å². The normalized spacial score (nSPS) is 18.5. The smallest absolute Gasteiger partial charge is 0.246 e. The molecule has 22 N–H and O–H groups in total. The monoisotopic (exact) mass is 1580 g/mol. The van der Waals surface area contributed by atoms with E-state index in [2.05, 4.69) is 85.7 Å². The molecule has 113 heavy (non-hydrogen) atoms. The second kappa shape index (κ2) is 53.4. The molecule has 2 aromatic carbocycles. The summed E-state index contributed by atoms with van der Waals surface area (Å²) in [7, 11) is 0. The van der Waals surface area contributed by atoms with Crippen LogP contribution in [-0.2, 0) is 91.1 Å². The average Bonchev–Trinajstić information content (AvgIpc) is 1.73. The lowest BCUT2D eigenvalue weighted by molar-refractivity contribution is -0.137. The van der Waals surface area contributed by atoms with Gasteiger partial charge in [0.05, 0.1) is 44.9 Å². The predicted octanol–water partition coefficient (Wildman–Crippen LogP) is 0.800. The van der Waals surface area contributed by atoms with Crippen LogP contribution in [0.1, 0.15) is 191 Å².